The number of amides is 1. The van der Waals surface area contributed by atoms with Crippen molar-refractivity contribution in [3.63, 3.8) is 0 Å². The number of carboxylic acids is 1. The monoisotopic (exact) mass is 288 g/mol. The maximum atomic E-state index is 11.5. The first-order valence-corrected chi connectivity index (χ1v) is 6.87. The van der Waals surface area contributed by atoms with Gasteiger partial charge in [-0.3, -0.25) is 4.79 Å². The molecule has 1 amide bonds. The SMILES string of the molecule is O=C(CNCc1ccc2oc(C(=O)O)cc2c1)NC1CC1. The molecule has 1 aliphatic rings. The van der Waals surface area contributed by atoms with Crippen molar-refractivity contribution in [3.8, 4) is 0 Å². The van der Waals surface area contributed by atoms with Gasteiger partial charge in [0.05, 0.1) is 6.54 Å². The summed E-state index contributed by atoms with van der Waals surface area (Å²) in [5, 5.41) is 15.6. The van der Waals surface area contributed by atoms with E-state index < -0.39 is 5.97 Å². The van der Waals surface area contributed by atoms with Gasteiger partial charge in [0.1, 0.15) is 5.58 Å². The molecular formula is C15H16N2O4. The number of rotatable bonds is 6. The van der Waals surface area contributed by atoms with E-state index in [4.69, 9.17) is 9.52 Å². The zero-order chi connectivity index (χ0) is 14.8. The standard InChI is InChI=1S/C15H16N2O4/c18-14(17-11-2-3-11)8-16-7-9-1-4-12-10(5-9)6-13(21-12)15(19)20/h1,4-6,11,16H,2-3,7-8H2,(H,17,18)(H,19,20). The number of hydrogen-bond donors (Lipinski definition) is 3. The second-order valence-electron chi connectivity index (χ2n) is 5.23. The molecule has 1 heterocycles. The molecule has 6 heteroatoms. The van der Waals surface area contributed by atoms with Crippen molar-refractivity contribution in [2.75, 3.05) is 6.54 Å². The maximum Gasteiger partial charge on any atom is 0.371 e. The molecule has 0 aliphatic heterocycles. The van der Waals surface area contributed by atoms with Gasteiger partial charge in [-0.15, -0.1) is 0 Å². The molecule has 0 saturated heterocycles. The molecule has 1 fully saturated rings. The predicted octanol–water partition coefficient (Wildman–Crippen LogP) is 1.50. The second kappa shape index (κ2) is 5.57. The van der Waals surface area contributed by atoms with Crippen molar-refractivity contribution in [3.05, 3.63) is 35.6 Å². The molecule has 21 heavy (non-hydrogen) atoms. The van der Waals surface area contributed by atoms with Crippen molar-refractivity contribution in [2.24, 2.45) is 0 Å². The van der Waals surface area contributed by atoms with Crippen molar-refractivity contribution in [2.45, 2.75) is 25.4 Å². The molecule has 0 spiro atoms. The Bertz CT molecular complexity index is 688. The molecule has 2 aromatic rings. The highest BCUT2D eigenvalue weighted by Crippen LogP contribution is 2.21. The fourth-order valence-electron chi connectivity index (χ4n) is 2.13. The molecule has 3 rings (SSSR count). The van der Waals surface area contributed by atoms with Crippen LogP contribution < -0.4 is 10.6 Å². The molecule has 1 aliphatic carbocycles. The van der Waals surface area contributed by atoms with E-state index in [9.17, 15) is 9.59 Å². The van der Waals surface area contributed by atoms with E-state index in [0.717, 1.165) is 23.8 Å². The molecular weight excluding hydrogens is 272 g/mol. The summed E-state index contributed by atoms with van der Waals surface area (Å²) >= 11 is 0. The molecule has 0 radical (unpaired) electrons. The normalized spacial score (nSPS) is 14.3. The average Bonchev–Trinajstić information content (AvgIpc) is 3.14. The highest BCUT2D eigenvalue weighted by Gasteiger charge is 2.22. The zero-order valence-electron chi connectivity index (χ0n) is 11.4. The highest BCUT2D eigenvalue weighted by molar-refractivity contribution is 5.91. The largest absolute Gasteiger partial charge is 0.475 e. The van der Waals surface area contributed by atoms with Crippen molar-refractivity contribution < 1.29 is 19.1 Å². The Hall–Kier alpha value is -2.34. The number of benzene rings is 1. The van der Waals surface area contributed by atoms with Gasteiger partial charge < -0.3 is 20.2 Å². The molecule has 1 aromatic carbocycles. The number of carbonyl (C=O) groups is 2. The topological polar surface area (TPSA) is 91.6 Å². The molecule has 6 nitrogen and oxygen atoms in total. The lowest BCUT2D eigenvalue weighted by atomic mass is 10.1. The number of aromatic carboxylic acids is 1. The van der Waals surface area contributed by atoms with Gasteiger partial charge in [-0.25, -0.2) is 4.79 Å². The molecule has 0 bridgehead atoms. The number of nitrogens with one attached hydrogen (secondary N) is 2. The lowest BCUT2D eigenvalue weighted by Gasteiger charge is -2.05. The van der Waals surface area contributed by atoms with Crippen molar-refractivity contribution in [1.29, 1.82) is 0 Å². The Balaban J connectivity index is 1.58. The van der Waals surface area contributed by atoms with Gasteiger partial charge in [-0.1, -0.05) is 6.07 Å². The minimum Gasteiger partial charge on any atom is -0.475 e. The summed E-state index contributed by atoms with van der Waals surface area (Å²) < 4.78 is 5.19. The van der Waals surface area contributed by atoms with Gasteiger partial charge in [-0.2, -0.15) is 0 Å². The molecule has 1 saturated carbocycles. The molecule has 0 unspecified atom stereocenters. The number of furan rings is 1. The van der Waals surface area contributed by atoms with Crippen molar-refractivity contribution in [1.82, 2.24) is 10.6 Å². The minimum atomic E-state index is -1.08. The van der Waals surface area contributed by atoms with Gasteiger partial charge in [0.2, 0.25) is 11.7 Å². The first kappa shape index (κ1) is 13.6. The summed E-state index contributed by atoms with van der Waals surface area (Å²) in [5.74, 6) is -1.14. The van der Waals surface area contributed by atoms with Gasteiger partial charge in [0.25, 0.3) is 0 Å². The van der Waals surface area contributed by atoms with Crippen LogP contribution in [0.1, 0.15) is 29.0 Å². The highest BCUT2D eigenvalue weighted by atomic mass is 16.4. The van der Waals surface area contributed by atoms with Crippen LogP contribution in [0.4, 0.5) is 0 Å². The Kier molecular flexibility index (Phi) is 3.62. The summed E-state index contributed by atoms with van der Waals surface area (Å²) in [6.07, 6.45) is 2.16. The Labute approximate surface area is 121 Å². The summed E-state index contributed by atoms with van der Waals surface area (Å²) in [7, 11) is 0. The Morgan fingerprint density at radius 2 is 2.10 bits per heavy atom. The lowest BCUT2D eigenvalue weighted by Crippen LogP contribution is -2.34. The molecule has 110 valence electrons. The third-order valence-corrected chi connectivity index (χ3v) is 3.35. The number of carboxylic acid groups (broad SMARTS) is 1. The van der Waals surface area contributed by atoms with Crippen molar-refractivity contribution >= 4 is 22.8 Å². The zero-order valence-corrected chi connectivity index (χ0v) is 11.4. The average molecular weight is 288 g/mol. The van der Waals surface area contributed by atoms with Crippen LogP contribution in [0.25, 0.3) is 11.0 Å². The van der Waals surface area contributed by atoms with E-state index in [1.165, 1.54) is 6.07 Å². The van der Waals surface area contributed by atoms with E-state index in [0.29, 0.717) is 18.2 Å². The summed E-state index contributed by atoms with van der Waals surface area (Å²) in [4.78, 5) is 22.4. The van der Waals surface area contributed by atoms with Crippen LogP contribution in [0.15, 0.2) is 28.7 Å². The third-order valence-electron chi connectivity index (χ3n) is 3.35. The first-order chi connectivity index (χ1) is 10.1. The van der Waals surface area contributed by atoms with Crippen LogP contribution in [0.5, 0.6) is 0 Å². The van der Waals surface area contributed by atoms with Gasteiger partial charge in [0.15, 0.2) is 0 Å². The van der Waals surface area contributed by atoms with E-state index in [2.05, 4.69) is 10.6 Å². The smallest absolute Gasteiger partial charge is 0.371 e. The lowest BCUT2D eigenvalue weighted by molar-refractivity contribution is -0.120. The van der Waals surface area contributed by atoms with E-state index >= 15 is 0 Å². The van der Waals surface area contributed by atoms with E-state index in [1.807, 2.05) is 12.1 Å². The van der Waals surface area contributed by atoms with Crippen LogP contribution in [-0.4, -0.2) is 29.6 Å². The van der Waals surface area contributed by atoms with Gasteiger partial charge in [0, 0.05) is 18.0 Å². The number of fused-ring (bicyclic) bond motifs is 1. The second-order valence-corrected chi connectivity index (χ2v) is 5.23. The summed E-state index contributed by atoms with van der Waals surface area (Å²) in [5.41, 5.74) is 1.52. The third kappa shape index (κ3) is 3.41. The Morgan fingerprint density at radius 3 is 2.81 bits per heavy atom. The fraction of sp³-hybridized carbons (Fsp3) is 0.333. The fourth-order valence-corrected chi connectivity index (χ4v) is 2.13. The van der Waals surface area contributed by atoms with Crippen LogP contribution in [0, 0.1) is 0 Å². The molecule has 1 aromatic heterocycles. The predicted molar refractivity (Wildman–Crippen MR) is 76.0 cm³/mol. The number of carbonyl (C=O) groups excluding carboxylic acids is 1. The van der Waals surface area contributed by atoms with Crippen LogP contribution in [-0.2, 0) is 11.3 Å². The van der Waals surface area contributed by atoms with Crippen LogP contribution in [0.3, 0.4) is 0 Å². The van der Waals surface area contributed by atoms with E-state index in [-0.39, 0.29) is 18.2 Å². The summed E-state index contributed by atoms with van der Waals surface area (Å²) in [6.45, 7) is 0.821. The maximum absolute atomic E-state index is 11.5. The van der Waals surface area contributed by atoms with E-state index in [1.54, 1.807) is 6.07 Å². The van der Waals surface area contributed by atoms with Gasteiger partial charge in [-0.05, 0) is 36.6 Å². The van der Waals surface area contributed by atoms with Gasteiger partial charge >= 0.3 is 5.97 Å². The van der Waals surface area contributed by atoms with Crippen LogP contribution >= 0.6 is 0 Å². The van der Waals surface area contributed by atoms with Crippen LogP contribution in [0.2, 0.25) is 0 Å². The Morgan fingerprint density at radius 1 is 1.29 bits per heavy atom. The quantitative estimate of drug-likeness (QED) is 0.749. The first-order valence-electron chi connectivity index (χ1n) is 6.87. The summed E-state index contributed by atoms with van der Waals surface area (Å²) in [6, 6.07) is 7.32. The molecule has 3 N–H and O–H groups in total. The number of hydrogen-bond acceptors (Lipinski definition) is 4. The minimum absolute atomic E-state index is 0.00931. The molecule has 0 atom stereocenters.